The number of hydrogen-bond donors (Lipinski definition) is 4. The van der Waals surface area contributed by atoms with E-state index in [-0.39, 0.29) is 22.9 Å². The van der Waals surface area contributed by atoms with Crippen LogP contribution in [-0.2, 0) is 29.0 Å². The lowest BCUT2D eigenvalue weighted by Gasteiger charge is -2.54. The van der Waals surface area contributed by atoms with Crippen molar-refractivity contribution in [3.8, 4) is 0 Å². The zero-order chi connectivity index (χ0) is 27.2. The van der Waals surface area contributed by atoms with E-state index in [1.54, 1.807) is 0 Å². The summed E-state index contributed by atoms with van der Waals surface area (Å²) >= 11 is 0. The summed E-state index contributed by atoms with van der Waals surface area (Å²) in [6.45, 7) is 8.88. The molecule has 3 aliphatic carbocycles. The van der Waals surface area contributed by atoms with E-state index in [1.165, 1.54) is 23.0 Å². The third kappa shape index (κ3) is 4.84. The number of fused-ring (bicyclic) bond motifs is 4. The number of carbonyl (C=O) groups excluding carboxylic acids is 1. The normalized spacial score (nSPS) is 28.2. The Hall–Kier alpha value is -2.91. The first-order valence-corrected chi connectivity index (χ1v) is 14.6. The number of anilines is 2. The molecule has 2 aliphatic heterocycles. The first-order chi connectivity index (χ1) is 18.8. The molecule has 4 N–H and O–H groups in total. The summed E-state index contributed by atoms with van der Waals surface area (Å²) in [5, 5.41) is 23.1. The number of benzene rings is 1. The minimum Gasteiger partial charge on any atom is -0.388 e. The Morgan fingerprint density at radius 1 is 1.23 bits per heavy atom. The SMILES string of the molecule is CNc1cc(C)cc(N2CCc3c(c(C)nn3CC34CCC(NC(=O)[C@H]5COCCN5)(CC3)CC4)C2)c1C=N. The Bertz CT molecular complexity index is 1240. The van der Waals surface area contributed by atoms with Gasteiger partial charge in [0.05, 0.1) is 18.9 Å². The number of rotatable bonds is 7. The van der Waals surface area contributed by atoms with Crippen LogP contribution in [0.4, 0.5) is 11.4 Å². The highest BCUT2D eigenvalue weighted by Crippen LogP contribution is 2.53. The van der Waals surface area contributed by atoms with Crippen LogP contribution < -0.4 is 20.9 Å². The van der Waals surface area contributed by atoms with Crippen LogP contribution in [0.3, 0.4) is 0 Å². The fraction of sp³-hybridized carbons (Fsp3) is 0.633. The Balaban J connectivity index is 1.15. The maximum atomic E-state index is 12.9. The second-order valence-electron chi connectivity index (χ2n) is 12.3. The molecule has 0 unspecified atom stereocenters. The summed E-state index contributed by atoms with van der Waals surface area (Å²) in [7, 11) is 1.92. The third-order valence-corrected chi connectivity index (χ3v) is 9.91. The van der Waals surface area contributed by atoms with Crippen LogP contribution in [0.5, 0.6) is 0 Å². The number of hydrogen-bond acceptors (Lipinski definition) is 7. The van der Waals surface area contributed by atoms with Gasteiger partial charge in [0.1, 0.15) is 6.04 Å². The van der Waals surface area contributed by atoms with E-state index >= 15 is 0 Å². The summed E-state index contributed by atoms with van der Waals surface area (Å²) in [4.78, 5) is 15.3. The van der Waals surface area contributed by atoms with Crippen molar-refractivity contribution >= 4 is 23.5 Å². The summed E-state index contributed by atoms with van der Waals surface area (Å²) in [6.07, 6.45) is 9.01. The smallest absolute Gasteiger partial charge is 0.239 e. The number of ether oxygens (including phenoxy) is 1. The molecule has 0 spiro atoms. The van der Waals surface area contributed by atoms with Crippen molar-refractivity contribution in [2.45, 2.75) is 83.5 Å². The van der Waals surface area contributed by atoms with Crippen molar-refractivity contribution in [3.63, 3.8) is 0 Å². The van der Waals surface area contributed by atoms with Gasteiger partial charge >= 0.3 is 0 Å². The minimum absolute atomic E-state index is 0.0511. The van der Waals surface area contributed by atoms with Gasteiger partial charge in [0, 0.05) is 79.6 Å². The molecule has 3 heterocycles. The van der Waals surface area contributed by atoms with Gasteiger partial charge in [-0.15, -0.1) is 0 Å². The topological polar surface area (TPSA) is 107 Å². The number of morpholine rings is 1. The number of nitrogens with one attached hydrogen (secondary N) is 4. The Morgan fingerprint density at radius 3 is 2.67 bits per heavy atom. The number of carbonyl (C=O) groups is 1. The van der Waals surface area contributed by atoms with Crippen LogP contribution in [0.2, 0.25) is 0 Å². The van der Waals surface area contributed by atoms with Crippen molar-refractivity contribution < 1.29 is 9.53 Å². The highest BCUT2D eigenvalue weighted by atomic mass is 16.5. The van der Waals surface area contributed by atoms with Crippen LogP contribution in [0, 0.1) is 24.7 Å². The zero-order valence-corrected chi connectivity index (χ0v) is 23.7. The standard InChI is InChI=1S/C30H43N7O2/c1-20-14-24(32-3)22(16-31)27(15-20)36-12-4-26-23(17-36)21(2)35-37(26)19-29-5-8-30(9-6-29,10-7-29)34-28(38)25-18-39-13-11-33-25/h14-16,25,31-33H,4-13,17-19H2,1-3H3,(H,34,38)/t25-,29?,30?/m1/s1. The van der Waals surface area contributed by atoms with Crippen molar-refractivity contribution in [1.29, 1.82) is 5.41 Å². The predicted molar refractivity (Wildman–Crippen MR) is 154 cm³/mol. The maximum Gasteiger partial charge on any atom is 0.239 e. The van der Waals surface area contributed by atoms with Crippen molar-refractivity contribution in [2.75, 3.05) is 43.6 Å². The molecular formula is C30H43N7O2. The van der Waals surface area contributed by atoms with Gasteiger partial charge in [-0.25, -0.2) is 0 Å². The molecule has 210 valence electrons. The van der Waals surface area contributed by atoms with E-state index in [0.717, 1.165) is 93.8 Å². The first-order valence-electron chi connectivity index (χ1n) is 14.6. The lowest BCUT2D eigenvalue weighted by molar-refractivity contribution is -0.130. The number of aromatic nitrogens is 2. The van der Waals surface area contributed by atoms with Crippen LogP contribution >= 0.6 is 0 Å². The van der Waals surface area contributed by atoms with E-state index in [2.05, 4.69) is 51.5 Å². The number of aryl methyl sites for hydroxylation is 2. The van der Waals surface area contributed by atoms with Crippen LogP contribution in [0.15, 0.2) is 12.1 Å². The average molecular weight is 534 g/mol. The molecular weight excluding hydrogens is 490 g/mol. The quantitative estimate of drug-likeness (QED) is 0.407. The molecule has 9 nitrogen and oxygen atoms in total. The summed E-state index contributed by atoms with van der Waals surface area (Å²) in [5.74, 6) is 0.104. The average Bonchev–Trinajstić information content (AvgIpc) is 3.27. The Morgan fingerprint density at radius 2 is 2.00 bits per heavy atom. The van der Waals surface area contributed by atoms with E-state index in [4.69, 9.17) is 15.2 Å². The minimum atomic E-state index is -0.223. The van der Waals surface area contributed by atoms with Crippen molar-refractivity contribution in [3.05, 3.63) is 40.2 Å². The Labute approximate surface area is 231 Å². The van der Waals surface area contributed by atoms with Gasteiger partial charge < -0.3 is 31.0 Å². The number of nitrogens with zero attached hydrogens (tertiary/aromatic N) is 3. The Kier molecular flexibility index (Phi) is 6.91. The van der Waals surface area contributed by atoms with Crippen LogP contribution in [-0.4, -0.2) is 66.8 Å². The maximum absolute atomic E-state index is 12.9. The molecule has 2 bridgehead atoms. The highest BCUT2D eigenvalue weighted by Gasteiger charge is 2.50. The fourth-order valence-electron chi connectivity index (χ4n) is 7.49. The molecule has 9 heteroatoms. The molecule has 39 heavy (non-hydrogen) atoms. The number of amides is 1. The zero-order valence-electron chi connectivity index (χ0n) is 23.7. The molecule has 1 amide bonds. The van der Waals surface area contributed by atoms with Gasteiger partial charge in [-0.2, -0.15) is 5.10 Å². The molecule has 1 atom stereocenters. The lowest BCUT2D eigenvalue weighted by Crippen LogP contribution is -2.62. The molecule has 3 saturated carbocycles. The predicted octanol–water partition coefficient (Wildman–Crippen LogP) is 3.30. The molecule has 1 aromatic heterocycles. The van der Waals surface area contributed by atoms with Crippen molar-refractivity contribution in [2.24, 2.45) is 5.41 Å². The van der Waals surface area contributed by atoms with E-state index in [9.17, 15) is 4.79 Å². The lowest BCUT2D eigenvalue weighted by atomic mass is 9.57. The van der Waals surface area contributed by atoms with Crippen LogP contribution in [0.1, 0.15) is 66.6 Å². The second-order valence-corrected chi connectivity index (χ2v) is 12.3. The van der Waals surface area contributed by atoms with Gasteiger partial charge in [0.25, 0.3) is 0 Å². The van der Waals surface area contributed by atoms with Crippen molar-refractivity contribution in [1.82, 2.24) is 20.4 Å². The monoisotopic (exact) mass is 533 g/mol. The second kappa shape index (κ2) is 10.2. The first kappa shape index (κ1) is 26.3. The molecule has 7 rings (SSSR count). The molecule has 0 radical (unpaired) electrons. The summed E-state index contributed by atoms with van der Waals surface area (Å²) in [5.41, 5.74) is 8.34. The molecule has 5 aliphatic rings. The highest BCUT2D eigenvalue weighted by molar-refractivity contribution is 5.94. The van der Waals surface area contributed by atoms with Gasteiger partial charge in [-0.1, -0.05) is 0 Å². The summed E-state index contributed by atoms with van der Waals surface area (Å²) < 4.78 is 7.84. The van der Waals surface area contributed by atoms with Gasteiger partial charge in [0.2, 0.25) is 5.91 Å². The van der Waals surface area contributed by atoms with Gasteiger partial charge in [-0.3, -0.25) is 9.48 Å². The fourth-order valence-corrected chi connectivity index (χ4v) is 7.49. The molecule has 1 aromatic carbocycles. The van der Waals surface area contributed by atoms with Gasteiger partial charge in [0.15, 0.2) is 0 Å². The van der Waals surface area contributed by atoms with E-state index < -0.39 is 0 Å². The molecule has 2 aromatic rings. The molecule has 1 saturated heterocycles. The summed E-state index contributed by atoms with van der Waals surface area (Å²) in [6, 6.07) is 4.09. The van der Waals surface area contributed by atoms with Crippen LogP contribution in [0.25, 0.3) is 0 Å². The van der Waals surface area contributed by atoms with Gasteiger partial charge in [-0.05, 0) is 75.5 Å². The van der Waals surface area contributed by atoms with E-state index in [0.29, 0.717) is 13.2 Å². The van der Waals surface area contributed by atoms with E-state index in [1.807, 2.05) is 7.05 Å². The third-order valence-electron chi connectivity index (χ3n) is 9.91. The molecule has 4 fully saturated rings. The largest absolute Gasteiger partial charge is 0.388 e.